The van der Waals surface area contributed by atoms with Gasteiger partial charge in [0.05, 0.1) is 5.69 Å². The number of rotatable bonds is 3. The highest BCUT2D eigenvalue weighted by Crippen LogP contribution is 2.27. The Morgan fingerprint density at radius 3 is 2.82 bits per heavy atom. The van der Waals surface area contributed by atoms with E-state index in [0.717, 1.165) is 29.7 Å². The summed E-state index contributed by atoms with van der Waals surface area (Å²) in [6, 6.07) is 7.62. The Bertz CT molecular complexity index is 526. The molecule has 0 amide bonds. The van der Waals surface area contributed by atoms with E-state index in [1.54, 1.807) is 0 Å². The largest absolute Gasteiger partial charge is 0.383 e. The fourth-order valence-electron chi connectivity index (χ4n) is 1.81. The maximum atomic E-state index is 5.99. The molecular weight excluding hydrogens is 234 g/mol. The summed E-state index contributed by atoms with van der Waals surface area (Å²) in [6.45, 7) is 2.11. The van der Waals surface area contributed by atoms with E-state index in [2.05, 4.69) is 16.9 Å². The molecule has 0 atom stereocenters. The molecule has 0 spiro atoms. The second-order valence-electron chi connectivity index (χ2n) is 3.85. The first-order chi connectivity index (χ1) is 8.22. The number of hydrogen-bond acceptors (Lipinski definition) is 3. The van der Waals surface area contributed by atoms with Crippen LogP contribution in [0.1, 0.15) is 18.9 Å². The minimum Gasteiger partial charge on any atom is -0.383 e. The zero-order chi connectivity index (χ0) is 12.3. The van der Waals surface area contributed by atoms with Gasteiger partial charge in [-0.3, -0.25) is 0 Å². The molecule has 0 saturated heterocycles. The minimum atomic E-state index is 0.553. The first-order valence-electron chi connectivity index (χ1n) is 5.57. The zero-order valence-corrected chi connectivity index (χ0v) is 10.4. The van der Waals surface area contributed by atoms with Crippen LogP contribution in [0.25, 0.3) is 11.3 Å². The van der Waals surface area contributed by atoms with Gasteiger partial charge in [-0.25, -0.2) is 9.97 Å². The molecule has 88 valence electrons. The van der Waals surface area contributed by atoms with Crippen LogP contribution in [0.5, 0.6) is 0 Å². The highest BCUT2D eigenvalue weighted by Gasteiger charge is 2.10. The molecule has 0 radical (unpaired) electrons. The summed E-state index contributed by atoms with van der Waals surface area (Å²) in [6.07, 6.45) is 3.37. The lowest BCUT2D eigenvalue weighted by molar-refractivity contribution is 0.908. The average Bonchev–Trinajstić information content (AvgIpc) is 2.32. The molecule has 0 unspecified atom stereocenters. The van der Waals surface area contributed by atoms with Crippen molar-refractivity contribution in [3.63, 3.8) is 0 Å². The van der Waals surface area contributed by atoms with Crippen LogP contribution in [0.2, 0.25) is 5.02 Å². The standard InChI is InChI=1S/C13H14ClN3/c1-2-4-11-12(16-8-17-13(11)15)9-5-3-6-10(14)7-9/h3,5-8H,2,4H2,1H3,(H2,15,16,17). The quantitative estimate of drug-likeness (QED) is 0.905. The molecule has 1 aromatic carbocycles. The van der Waals surface area contributed by atoms with Crippen LogP contribution in [0.15, 0.2) is 30.6 Å². The SMILES string of the molecule is CCCc1c(N)ncnc1-c1cccc(Cl)c1. The van der Waals surface area contributed by atoms with Gasteiger partial charge in [0.25, 0.3) is 0 Å². The fraction of sp³-hybridized carbons (Fsp3) is 0.231. The number of aromatic nitrogens is 2. The van der Waals surface area contributed by atoms with Crippen LogP contribution < -0.4 is 5.73 Å². The highest BCUT2D eigenvalue weighted by molar-refractivity contribution is 6.30. The molecule has 0 saturated carbocycles. The van der Waals surface area contributed by atoms with Crippen LogP contribution in [0.4, 0.5) is 5.82 Å². The third kappa shape index (κ3) is 2.56. The molecule has 0 aliphatic carbocycles. The predicted molar refractivity (Wildman–Crippen MR) is 70.9 cm³/mol. The van der Waals surface area contributed by atoms with Gasteiger partial charge in [0.15, 0.2) is 0 Å². The van der Waals surface area contributed by atoms with Crippen LogP contribution in [0.3, 0.4) is 0 Å². The number of hydrogen-bond donors (Lipinski definition) is 1. The summed E-state index contributed by atoms with van der Waals surface area (Å²) >= 11 is 5.99. The molecular formula is C13H14ClN3. The molecule has 2 rings (SSSR count). The predicted octanol–water partition coefficient (Wildman–Crippen LogP) is 3.33. The molecule has 0 aliphatic heterocycles. The molecule has 0 aliphatic rings. The van der Waals surface area contributed by atoms with E-state index in [9.17, 15) is 0 Å². The van der Waals surface area contributed by atoms with Crippen molar-refractivity contribution >= 4 is 17.4 Å². The Kier molecular flexibility index (Phi) is 3.59. The number of anilines is 1. The monoisotopic (exact) mass is 247 g/mol. The Morgan fingerprint density at radius 1 is 1.29 bits per heavy atom. The Hall–Kier alpha value is -1.61. The van der Waals surface area contributed by atoms with Crippen LogP contribution >= 0.6 is 11.6 Å². The van der Waals surface area contributed by atoms with E-state index >= 15 is 0 Å². The number of benzene rings is 1. The maximum absolute atomic E-state index is 5.99. The van der Waals surface area contributed by atoms with E-state index in [1.807, 2.05) is 24.3 Å². The number of halogens is 1. The lowest BCUT2D eigenvalue weighted by Crippen LogP contribution is -2.02. The summed E-state index contributed by atoms with van der Waals surface area (Å²) < 4.78 is 0. The smallest absolute Gasteiger partial charge is 0.130 e. The van der Waals surface area contributed by atoms with Gasteiger partial charge >= 0.3 is 0 Å². The fourth-order valence-corrected chi connectivity index (χ4v) is 2.00. The van der Waals surface area contributed by atoms with Gasteiger partial charge in [-0.15, -0.1) is 0 Å². The summed E-state index contributed by atoms with van der Waals surface area (Å²) in [5.74, 6) is 0.553. The van der Waals surface area contributed by atoms with Crippen molar-refractivity contribution in [2.45, 2.75) is 19.8 Å². The van der Waals surface area contributed by atoms with Crippen LogP contribution in [-0.2, 0) is 6.42 Å². The van der Waals surface area contributed by atoms with Gasteiger partial charge in [0.1, 0.15) is 12.1 Å². The number of nitrogens with zero attached hydrogens (tertiary/aromatic N) is 2. The molecule has 1 heterocycles. The number of nitrogens with two attached hydrogens (primary N) is 1. The van der Waals surface area contributed by atoms with E-state index in [0.29, 0.717) is 10.8 Å². The lowest BCUT2D eigenvalue weighted by atomic mass is 10.0. The summed E-state index contributed by atoms with van der Waals surface area (Å²) in [5, 5.41) is 0.696. The molecule has 2 N–H and O–H groups in total. The zero-order valence-electron chi connectivity index (χ0n) is 9.65. The van der Waals surface area contributed by atoms with Crippen molar-refractivity contribution in [3.05, 3.63) is 41.2 Å². The third-order valence-electron chi connectivity index (χ3n) is 2.58. The van der Waals surface area contributed by atoms with Gasteiger partial charge in [-0.2, -0.15) is 0 Å². The first-order valence-corrected chi connectivity index (χ1v) is 5.95. The Labute approximate surface area is 106 Å². The summed E-state index contributed by atoms with van der Waals surface area (Å²) in [4.78, 5) is 8.36. The van der Waals surface area contributed by atoms with Crippen molar-refractivity contribution in [2.75, 3.05) is 5.73 Å². The summed E-state index contributed by atoms with van der Waals surface area (Å²) in [7, 11) is 0. The topological polar surface area (TPSA) is 51.8 Å². The minimum absolute atomic E-state index is 0.553. The molecule has 0 bridgehead atoms. The van der Waals surface area contributed by atoms with Crippen LogP contribution in [-0.4, -0.2) is 9.97 Å². The second-order valence-corrected chi connectivity index (χ2v) is 4.28. The van der Waals surface area contributed by atoms with E-state index in [4.69, 9.17) is 17.3 Å². The molecule has 1 aromatic heterocycles. The number of nitrogen functional groups attached to an aromatic ring is 1. The average molecular weight is 248 g/mol. The van der Waals surface area contributed by atoms with Crippen molar-refractivity contribution in [1.29, 1.82) is 0 Å². The van der Waals surface area contributed by atoms with Gasteiger partial charge < -0.3 is 5.73 Å². The van der Waals surface area contributed by atoms with Gasteiger partial charge in [0, 0.05) is 16.1 Å². The van der Waals surface area contributed by atoms with E-state index in [1.165, 1.54) is 6.33 Å². The molecule has 3 nitrogen and oxygen atoms in total. The van der Waals surface area contributed by atoms with Crippen molar-refractivity contribution in [1.82, 2.24) is 9.97 Å². The lowest BCUT2D eigenvalue weighted by Gasteiger charge is -2.09. The molecule has 17 heavy (non-hydrogen) atoms. The second kappa shape index (κ2) is 5.15. The molecule has 0 fully saturated rings. The Morgan fingerprint density at radius 2 is 2.12 bits per heavy atom. The van der Waals surface area contributed by atoms with Crippen molar-refractivity contribution < 1.29 is 0 Å². The molecule has 2 aromatic rings. The van der Waals surface area contributed by atoms with E-state index < -0.39 is 0 Å². The van der Waals surface area contributed by atoms with Gasteiger partial charge in [-0.05, 0) is 18.6 Å². The Balaban J connectivity index is 2.54. The van der Waals surface area contributed by atoms with Crippen molar-refractivity contribution in [2.24, 2.45) is 0 Å². The normalized spacial score (nSPS) is 10.5. The van der Waals surface area contributed by atoms with E-state index in [-0.39, 0.29) is 0 Å². The third-order valence-corrected chi connectivity index (χ3v) is 2.81. The van der Waals surface area contributed by atoms with Gasteiger partial charge in [0.2, 0.25) is 0 Å². The summed E-state index contributed by atoms with van der Waals surface area (Å²) in [5.41, 5.74) is 8.75. The van der Waals surface area contributed by atoms with Crippen molar-refractivity contribution in [3.8, 4) is 11.3 Å². The maximum Gasteiger partial charge on any atom is 0.130 e. The van der Waals surface area contributed by atoms with Crippen LogP contribution in [0, 0.1) is 0 Å². The first kappa shape index (κ1) is 11.9. The van der Waals surface area contributed by atoms with Gasteiger partial charge in [-0.1, -0.05) is 37.1 Å². The molecule has 4 heteroatoms. The highest BCUT2D eigenvalue weighted by atomic mass is 35.5.